The second-order valence-corrected chi connectivity index (χ2v) is 8.07. The van der Waals surface area contributed by atoms with Gasteiger partial charge in [0.1, 0.15) is 26.4 Å². The molecule has 35 heavy (non-hydrogen) atoms. The predicted molar refractivity (Wildman–Crippen MR) is 130 cm³/mol. The van der Waals surface area contributed by atoms with Gasteiger partial charge in [-0.25, -0.2) is 19.2 Å². The summed E-state index contributed by atoms with van der Waals surface area (Å²) in [5, 5.41) is 0. The van der Waals surface area contributed by atoms with Crippen molar-refractivity contribution >= 4 is 23.9 Å². The Balaban J connectivity index is 5.14. The summed E-state index contributed by atoms with van der Waals surface area (Å²) < 4.78 is 26.8. The van der Waals surface area contributed by atoms with Gasteiger partial charge in [0.15, 0.2) is 0 Å². The van der Waals surface area contributed by atoms with Gasteiger partial charge >= 0.3 is 23.9 Å². The highest BCUT2D eigenvalue weighted by atomic mass is 16.6. The molecule has 0 radical (unpaired) electrons. The van der Waals surface area contributed by atoms with Crippen molar-refractivity contribution in [3.8, 4) is 0 Å². The molecular formula is C26H38O9. The van der Waals surface area contributed by atoms with Gasteiger partial charge in [0.2, 0.25) is 0 Å². The first-order chi connectivity index (χ1) is 16.6. The van der Waals surface area contributed by atoms with Gasteiger partial charge in [-0.1, -0.05) is 40.2 Å². The summed E-state index contributed by atoms with van der Waals surface area (Å²) in [5.74, 6) is -2.30. The molecule has 0 bridgehead atoms. The largest absolute Gasteiger partial charge is 0.462 e. The Morgan fingerprint density at radius 1 is 0.571 bits per heavy atom. The van der Waals surface area contributed by atoms with Crippen LogP contribution in [0.5, 0.6) is 0 Å². The second-order valence-electron chi connectivity index (χ2n) is 8.07. The fraction of sp³-hybridized carbons (Fsp3) is 0.538. The van der Waals surface area contributed by atoms with E-state index in [0.29, 0.717) is 25.7 Å². The van der Waals surface area contributed by atoms with Crippen molar-refractivity contribution in [2.75, 3.05) is 39.6 Å². The minimum atomic E-state index is -0.655. The fourth-order valence-corrected chi connectivity index (χ4v) is 2.95. The lowest BCUT2D eigenvalue weighted by Gasteiger charge is -2.33. The molecule has 0 fully saturated rings. The van der Waals surface area contributed by atoms with E-state index < -0.39 is 34.7 Å². The zero-order chi connectivity index (χ0) is 26.7. The number of ether oxygens (including phenoxy) is 5. The molecule has 0 aliphatic heterocycles. The fourth-order valence-electron chi connectivity index (χ4n) is 2.95. The van der Waals surface area contributed by atoms with Crippen LogP contribution in [0.2, 0.25) is 0 Å². The molecule has 0 amide bonds. The Kier molecular flexibility index (Phi) is 15.7. The molecule has 0 aromatic heterocycles. The molecule has 9 heteroatoms. The van der Waals surface area contributed by atoms with Crippen molar-refractivity contribution in [2.24, 2.45) is 10.8 Å². The van der Waals surface area contributed by atoms with E-state index in [-0.39, 0.29) is 39.6 Å². The van der Waals surface area contributed by atoms with Crippen LogP contribution >= 0.6 is 0 Å². The lowest BCUT2D eigenvalue weighted by atomic mass is 9.83. The van der Waals surface area contributed by atoms with E-state index in [0.717, 1.165) is 24.3 Å². The average molecular weight is 495 g/mol. The normalized spacial score (nSPS) is 11.0. The van der Waals surface area contributed by atoms with E-state index >= 15 is 0 Å². The van der Waals surface area contributed by atoms with Gasteiger partial charge in [0, 0.05) is 48.3 Å². The maximum atomic E-state index is 11.6. The summed E-state index contributed by atoms with van der Waals surface area (Å²) in [7, 11) is 0. The third-order valence-electron chi connectivity index (χ3n) is 5.80. The van der Waals surface area contributed by atoms with Crippen LogP contribution in [-0.2, 0) is 42.9 Å². The second kappa shape index (κ2) is 17.3. The van der Waals surface area contributed by atoms with Crippen LogP contribution in [0, 0.1) is 10.8 Å². The summed E-state index contributed by atoms with van der Waals surface area (Å²) >= 11 is 0. The first-order valence-electron chi connectivity index (χ1n) is 11.4. The number of carbonyl (C=O) groups is 4. The minimum Gasteiger partial charge on any atom is -0.462 e. The maximum Gasteiger partial charge on any atom is 0.330 e. The van der Waals surface area contributed by atoms with Crippen molar-refractivity contribution in [3.05, 3.63) is 50.6 Å². The summed E-state index contributed by atoms with van der Waals surface area (Å²) in [6.07, 6.45) is 6.25. The monoisotopic (exact) mass is 494 g/mol. The summed E-state index contributed by atoms with van der Waals surface area (Å²) in [6.45, 7) is 18.0. The molecule has 9 nitrogen and oxygen atoms in total. The van der Waals surface area contributed by atoms with Gasteiger partial charge in [0.05, 0.1) is 0 Å². The van der Waals surface area contributed by atoms with Gasteiger partial charge in [0.25, 0.3) is 0 Å². The van der Waals surface area contributed by atoms with E-state index in [1.165, 1.54) is 0 Å². The molecule has 0 saturated carbocycles. The van der Waals surface area contributed by atoms with Crippen LogP contribution in [0.4, 0.5) is 0 Å². The molecule has 0 saturated heterocycles. The smallest absolute Gasteiger partial charge is 0.330 e. The molecule has 0 unspecified atom stereocenters. The van der Waals surface area contributed by atoms with E-state index in [9.17, 15) is 19.2 Å². The van der Waals surface area contributed by atoms with Gasteiger partial charge in [-0.3, -0.25) is 0 Å². The van der Waals surface area contributed by atoms with Gasteiger partial charge < -0.3 is 23.7 Å². The van der Waals surface area contributed by atoms with Crippen LogP contribution in [0.3, 0.4) is 0 Å². The van der Waals surface area contributed by atoms with E-state index in [1.807, 2.05) is 13.8 Å². The molecular weight excluding hydrogens is 456 g/mol. The predicted octanol–water partition coefficient (Wildman–Crippen LogP) is 3.49. The van der Waals surface area contributed by atoms with Gasteiger partial charge in [-0.05, 0) is 25.7 Å². The zero-order valence-corrected chi connectivity index (χ0v) is 20.9. The lowest BCUT2D eigenvalue weighted by molar-refractivity contribution is -0.150. The van der Waals surface area contributed by atoms with Gasteiger partial charge in [-0.15, -0.1) is 0 Å². The third-order valence-corrected chi connectivity index (χ3v) is 5.80. The molecule has 0 aliphatic rings. The Morgan fingerprint density at radius 2 is 0.829 bits per heavy atom. The van der Waals surface area contributed by atoms with Crippen LogP contribution in [0.25, 0.3) is 0 Å². The topological polar surface area (TPSA) is 114 Å². The molecule has 0 spiro atoms. The highest BCUT2D eigenvalue weighted by Crippen LogP contribution is 2.30. The van der Waals surface area contributed by atoms with E-state index in [1.54, 1.807) is 0 Å². The number of carbonyl (C=O) groups excluding carboxylic acids is 4. The number of esters is 4. The van der Waals surface area contributed by atoms with Crippen molar-refractivity contribution in [3.63, 3.8) is 0 Å². The Bertz CT molecular complexity index is 644. The Morgan fingerprint density at radius 3 is 1.03 bits per heavy atom. The van der Waals surface area contributed by atoms with Crippen molar-refractivity contribution in [1.82, 2.24) is 0 Å². The maximum absolute atomic E-state index is 11.6. The van der Waals surface area contributed by atoms with Gasteiger partial charge in [-0.2, -0.15) is 0 Å². The Labute approximate surface area is 207 Å². The molecule has 0 aliphatic carbocycles. The molecule has 0 N–H and O–H groups in total. The highest BCUT2D eigenvalue weighted by molar-refractivity contribution is 5.82. The Hall–Kier alpha value is -3.20. The molecule has 0 atom stereocenters. The van der Waals surface area contributed by atoms with Crippen LogP contribution in [0.15, 0.2) is 50.6 Å². The highest BCUT2D eigenvalue weighted by Gasteiger charge is 2.33. The van der Waals surface area contributed by atoms with Crippen LogP contribution in [-0.4, -0.2) is 63.5 Å². The third kappa shape index (κ3) is 12.7. The summed E-state index contributed by atoms with van der Waals surface area (Å²) in [5.41, 5.74) is -1.31. The molecule has 0 rings (SSSR count). The first kappa shape index (κ1) is 31.8. The summed E-state index contributed by atoms with van der Waals surface area (Å²) in [4.78, 5) is 46.3. The van der Waals surface area contributed by atoms with Crippen LogP contribution in [0.1, 0.15) is 39.5 Å². The zero-order valence-electron chi connectivity index (χ0n) is 20.9. The quantitative estimate of drug-likeness (QED) is 0.109. The number of rotatable bonds is 20. The number of hydrogen-bond donors (Lipinski definition) is 0. The molecule has 0 aromatic carbocycles. The standard InChI is InChI=1S/C26H38O9/c1-7-21(27)32-17-25(11-5,18-33-22(28)8-2)13-15-31-16-14-26(12-6,19-34-23(29)9-3)20-35-24(30)10-4/h7-10H,1-4,11-20H2,5-6H3. The van der Waals surface area contributed by atoms with Crippen LogP contribution < -0.4 is 0 Å². The SMILES string of the molecule is C=CC(=O)OCC(CC)(CCOCCC(CC)(COC(=O)C=C)COC(=O)C=C)COC(=O)C=C. The van der Waals surface area contributed by atoms with Crippen molar-refractivity contribution in [2.45, 2.75) is 39.5 Å². The van der Waals surface area contributed by atoms with E-state index in [4.69, 9.17) is 23.7 Å². The molecule has 0 heterocycles. The average Bonchev–Trinajstić information content (AvgIpc) is 2.89. The minimum absolute atomic E-state index is 0.0239. The van der Waals surface area contributed by atoms with E-state index in [2.05, 4.69) is 26.3 Å². The first-order valence-corrected chi connectivity index (χ1v) is 11.4. The number of hydrogen-bond acceptors (Lipinski definition) is 9. The molecule has 196 valence electrons. The summed E-state index contributed by atoms with van der Waals surface area (Å²) in [6, 6.07) is 0. The van der Waals surface area contributed by atoms with Crippen molar-refractivity contribution < 1.29 is 42.9 Å². The lowest BCUT2D eigenvalue weighted by Crippen LogP contribution is -2.36. The van der Waals surface area contributed by atoms with Crippen molar-refractivity contribution in [1.29, 1.82) is 0 Å². The molecule has 0 aromatic rings.